The van der Waals surface area contributed by atoms with E-state index in [0.29, 0.717) is 0 Å². The van der Waals surface area contributed by atoms with E-state index in [1.165, 1.54) is 12.0 Å². The Bertz CT molecular complexity index is 365. The number of hydrogen-bond acceptors (Lipinski definition) is 2. The van der Waals surface area contributed by atoms with Crippen LogP contribution in [0.25, 0.3) is 0 Å². The highest BCUT2D eigenvalue weighted by atomic mass is 16.6. The van der Waals surface area contributed by atoms with E-state index in [9.17, 15) is 4.79 Å². The fourth-order valence-electron chi connectivity index (χ4n) is 3.22. The summed E-state index contributed by atoms with van der Waals surface area (Å²) in [7, 11) is 0. The van der Waals surface area contributed by atoms with Gasteiger partial charge < -0.3 is 4.74 Å². The molecule has 0 aromatic heterocycles. The Labute approximate surface area is 83.6 Å². The maximum atomic E-state index is 11.6. The van der Waals surface area contributed by atoms with E-state index in [1.807, 2.05) is 0 Å². The Kier molecular flexibility index (Phi) is 1.48. The predicted molar refractivity (Wildman–Crippen MR) is 52.6 cm³/mol. The number of carbonyl (C=O) groups is 1. The number of hydrogen-bond donors (Lipinski definition) is 0. The summed E-state index contributed by atoms with van der Waals surface area (Å²) in [5.74, 6) is -0.0675. The van der Waals surface area contributed by atoms with Gasteiger partial charge in [-0.1, -0.05) is 17.7 Å². The van der Waals surface area contributed by atoms with Crippen LogP contribution in [-0.4, -0.2) is 12.1 Å². The minimum Gasteiger partial charge on any atom is -0.457 e. The molecule has 1 heterocycles. The quantitative estimate of drug-likeness (QED) is 0.433. The molecule has 3 rings (SSSR count). The van der Waals surface area contributed by atoms with Crippen LogP contribution in [0.1, 0.15) is 32.6 Å². The smallest absolute Gasteiger partial charge is 0.335 e. The third kappa shape index (κ3) is 0.753. The fourth-order valence-corrected chi connectivity index (χ4v) is 3.22. The summed E-state index contributed by atoms with van der Waals surface area (Å²) >= 11 is 0. The zero-order valence-corrected chi connectivity index (χ0v) is 8.38. The zero-order valence-electron chi connectivity index (χ0n) is 8.38. The fraction of sp³-hybridized carbons (Fsp3) is 0.583. The molecule has 74 valence electrons. The first-order valence-electron chi connectivity index (χ1n) is 5.34. The van der Waals surface area contributed by atoms with Crippen LogP contribution < -0.4 is 0 Å². The highest BCUT2D eigenvalue weighted by Crippen LogP contribution is 2.56. The highest BCUT2D eigenvalue weighted by molar-refractivity contribution is 5.94. The van der Waals surface area contributed by atoms with E-state index >= 15 is 0 Å². The molecule has 1 spiro atoms. The predicted octanol–water partition coefficient (Wildman–Crippen LogP) is 2.36. The van der Waals surface area contributed by atoms with Crippen LogP contribution in [0.5, 0.6) is 0 Å². The highest BCUT2D eigenvalue weighted by Gasteiger charge is 2.56. The van der Waals surface area contributed by atoms with Crippen molar-refractivity contribution in [2.75, 3.05) is 0 Å². The second-order valence-electron chi connectivity index (χ2n) is 4.50. The lowest BCUT2D eigenvalue weighted by molar-refractivity contribution is -0.139. The van der Waals surface area contributed by atoms with Crippen molar-refractivity contribution in [2.45, 2.75) is 38.7 Å². The average molecular weight is 190 g/mol. The summed E-state index contributed by atoms with van der Waals surface area (Å²) in [6.45, 7) is 2.14. The van der Waals surface area contributed by atoms with E-state index < -0.39 is 0 Å². The Morgan fingerprint density at radius 3 is 3.21 bits per heavy atom. The van der Waals surface area contributed by atoms with Gasteiger partial charge in [-0.05, 0) is 26.2 Å². The summed E-state index contributed by atoms with van der Waals surface area (Å²) in [4.78, 5) is 11.6. The number of allylic oxidation sites excluding steroid dienone is 1. The van der Waals surface area contributed by atoms with Crippen molar-refractivity contribution in [1.29, 1.82) is 0 Å². The maximum Gasteiger partial charge on any atom is 0.335 e. The van der Waals surface area contributed by atoms with E-state index in [0.717, 1.165) is 24.8 Å². The van der Waals surface area contributed by atoms with Gasteiger partial charge in [0, 0.05) is 12.0 Å². The van der Waals surface area contributed by atoms with Crippen LogP contribution in [0.2, 0.25) is 0 Å². The third-order valence-corrected chi connectivity index (χ3v) is 3.96. The minimum absolute atomic E-state index is 0.0185. The average Bonchev–Trinajstić information content (AvgIpc) is 2.64. The maximum absolute atomic E-state index is 11.6. The van der Waals surface area contributed by atoms with E-state index in [2.05, 4.69) is 19.1 Å². The first-order valence-corrected chi connectivity index (χ1v) is 5.34. The molecule has 2 atom stereocenters. The van der Waals surface area contributed by atoms with Gasteiger partial charge in [0.05, 0.1) is 5.41 Å². The van der Waals surface area contributed by atoms with Crippen LogP contribution in [0.4, 0.5) is 0 Å². The molecule has 0 saturated carbocycles. The summed E-state index contributed by atoms with van der Waals surface area (Å²) in [5.41, 5.74) is 2.27. The van der Waals surface area contributed by atoms with Crippen molar-refractivity contribution in [3.63, 3.8) is 0 Å². The Hall–Kier alpha value is -1.05. The molecule has 0 aromatic carbocycles. The van der Waals surface area contributed by atoms with Crippen LogP contribution in [0.15, 0.2) is 23.3 Å². The topological polar surface area (TPSA) is 26.3 Å². The van der Waals surface area contributed by atoms with Crippen molar-refractivity contribution in [3.05, 3.63) is 23.3 Å². The number of ether oxygens (including phenoxy) is 1. The second-order valence-corrected chi connectivity index (χ2v) is 4.50. The molecule has 1 aliphatic heterocycles. The molecule has 2 nitrogen and oxygen atoms in total. The van der Waals surface area contributed by atoms with Crippen LogP contribution >= 0.6 is 0 Å². The van der Waals surface area contributed by atoms with Gasteiger partial charge in [-0.25, -0.2) is 4.79 Å². The van der Waals surface area contributed by atoms with Gasteiger partial charge in [0.1, 0.15) is 6.10 Å². The summed E-state index contributed by atoms with van der Waals surface area (Å²) in [6.07, 6.45) is 8.66. The lowest BCUT2D eigenvalue weighted by Crippen LogP contribution is -2.31. The molecule has 0 unspecified atom stereocenters. The van der Waals surface area contributed by atoms with E-state index in [4.69, 9.17) is 4.74 Å². The Balaban J connectivity index is 2.17. The molecular formula is C12H14O2. The van der Waals surface area contributed by atoms with Crippen LogP contribution in [-0.2, 0) is 9.53 Å². The molecule has 1 saturated heterocycles. The molecule has 0 bridgehead atoms. The van der Waals surface area contributed by atoms with Gasteiger partial charge in [0.15, 0.2) is 0 Å². The van der Waals surface area contributed by atoms with Gasteiger partial charge in [0.2, 0.25) is 0 Å². The number of carbonyl (C=O) groups excluding carboxylic acids is 1. The molecule has 0 amide bonds. The van der Waals surface area contributed by atoms with Gasteiger partial charge in [0.25, 0.3) is 0 Å². The molecule has 3 aliphatic rings. The SMILES string of the molecule is CC1=CC[C@@H]2OC(=O)C3=CCCC[C@]132. The van der Waals surface area contributed by atoms with Gasteiger partial charge in [-0.2, -0.15) is 0 Å². The third-order valence-electron chi connectivity index (χ3n) is 3.96. The molecule has 14 heavy (non-hydrogen) atoms. The van der Waals surface area contributed by atoms with Crippen LogP contribution in [0.3, 0.4) is 0 Å². The van der Waals surface area contributed by atoms with Gasteiger partial charge in [-0.3, -0.25) is 0 Å². The van der Waals surface area contributed by atoms with E-state index in [-0.39, 0.29) is 17.5 Å². The Morgan fingerprint density at radius 1 is 1.50 bits per heavy atom. The van der Waals surface area contributed by atoms with Crippen molar-refractivity contribution < 1.29 is 9.53 Å². The standard InChI is InChI=1S/C12H14O2/c1-8-5-6-10-12(8)7-3-2-4-9(12)11(13)14-10/h4-5,10H,2-3,6-7H2,1H3/t10-,12-/m0/s1. The largest absolute Gasteiger partial charge is 0.457 e. The summed E-state index contributed by atoms with van der Waals surface area (Å²) in [6, 6.07) is 0. The lowest BCUT2D eigenvalue weighted by atomic mass is 9.68. The molecule has 2 aliphatic carbocycles. The Morgan fingerprint density at radius 2 is 2.36 bits per heavy atom. The number of esters is 1. The van der Waals surface area contributed by atoms with Gasteiger partial charge >= 0.3 is 5.97 Å². The van der Waals surface area contributed by atoms with Crippen molar-refractivity contribution in [1.82, 2.24) is 0 Å². The van der Waals surface area contributed by atoms with Crippen molar-refractivity contribution >= 4 is 5.97 Å². The van der Waals surface area contributed by atoms with Crippen LogP contribution in [0, 0.1) is 5.41 Å². The van der Waals surface area contributed by atoms with Crippen molar-refractivity contribution in [3.8, 4) is 0 Å². The molecule has 0 radical (unpaired) electrons. The monoisotopic (exact) mass is 190 g/mol. The molecular weight excluding hydrogens is 176 g/mol. The first-order chi connectivity index (χ1) is 6.75. The van der Waals surface area contributed by atoms with Gasteiger partial charge in [-0.15, -0.1) is 0 Å². The zero-order chi connectivity index (χ0) is 9.76. The molecule has 2 heteroatoms. The summed E-state index contributed by atoms with van der Waals surface area (Å²) in [5, 5.41) is 0. The van der Waals surface area contributed by atoms with E-state index in [1.54, 1.807) is 0 Å². The second kappa shape index (κ2) is 2.50. The molecule has 1 fully saturated rings. The lowest BCUT2D eigenvalue weighted by Gasteiger charge is -2.32. The minimum atomic E-state index is -0.0675. The normalized spacial score (nSPS) is 39.8. The summed E-state index contributed by atoms with van der Waals surface area (Å²) < 4.78 is 5.43. The first kappa shape index (κ1) is 8.27. The molecule has 0 aromatic rings. The van der Waals surface area contributed by atoms with Crippen molar-refractivity contribution in [2.24, 2.45) is 5.41 Å². The number of rotatable bonds is 0. The molecule has 0 N–H and O–H groups in total.